The topological polar surface area (TPSA) is 107 Å². The number of imidazole rings is 1. The van der Waals surface area contributed by atoms with E-state index in [1.54, 1.807) is 6.33 Å². The van der Waals surface area contributed by atoms with Crippen molar-refractivity contribution in [3.63, 3.8) is 0 Å². The van der Waals surface area contributed by atoms with Crippen LogP contribution in [0.15, 0.2) is 12.7 Å². The summed E-state index contributed by atoms with van der Waals surface area (Å²) in [7, 11) is -2.01. The standard InChI is InChI=1S/C21H35N5O4Si/c1-13-21(10-27-31(7,8)19(2,3)4)14(29-20(5,6)28-13)9-15(30-21)26-12-25-16-17(22)23-11-24-18(16)26/h11-15H,9-10H2,1-8H3,(H2,22,23,24)/t13-,14+,15-,21+/m1/s1. The fourth-order valence-corrected chi connectivity index (χ4v) is 5.19. The Labute approximate surface area is 184 Å². The molecule has 2 N–H and O–H groups in total. The number of nitrogens with zero attached hydrogens (tertiary/aromatic N) is 4. The first-order chi connectivity index (χ1) is 14.3. The lowest BCUT2D eigenvalue weighted by atomic mass is 9.90. The maximum absolute atomic E-state index is 6.73. The first-order valence-electron chi connectivity index (χ1n) is 10.9. The lowest BCUT2D eigenvalue weighted by Gasteiger charge is -2.50. The molecular formula is C21H35N5O4Si. The van der Waals surface area contributed by atoms with Crippen molar-refractivity contribution < 1.29 is 18.6 Å². The maximum Gasteiger partial charge on any atom is 0.192 e. The highest BCUT2D eigenvalue weighted by atomic mass is 28.4. The molecule has 0 aromatic carbocycles. The van der Waals surface area contributed by atoms with Gasteiger partial charge in [0, 0.05) is 6.42 Å². The van der Waals surface area contributed by atoms with Crippen LogP contribution in [0.5, 0.6) is 0 Å². The highest BCUT2D eigenvalue weighted by Gasteiger charge is 2.60. The quantitative estimate of drug-likeness (QED) is 0.705. The molecule has 0 saturated carbocycles. The third kappa shape index (κ3) is 3.78. The van der Waals surface area contributed by atoms with Crippen LogP contribution in [0.2, 0.25) is 18.1 Å². The van der Waals surface area contributed by atoms with E-state index in [0.717, 1.165) is 0 Å². The SMILES string of the molecule is C[C@H]1OC(C)(C)O[C@H]2C[C@H](n3cnc4c(N)ncnc43)O[C@]21CO[Si](C)(C)C(C)(C)C. The Bertz CT molecular complexity index is 972. The molecule has 2 fully saturated rings. The minimum Gasteiger partial charge on any atom is -0.414 e. The zero-order valence-corrected chi connectivity index (χ0v) is 20.8. The van der Waals surface area contributed by atoms with Gasteiger partial charge in [-0.3, -0.25) is 4.57 Å². The summed E-state index contributed by atoms with van der Waals surface area (Å²) in [5.74, 6) is -0.351. The summed E-state index contributed by atoms with van der Waals surface area (Å²) in [5.41, 5.74) is 6.46. The van der Waals surface area contributed by atoms with Crippen molar-refractivity contribution in [2.45, 2.75) is 95.9 Å². The van der Waals surface area contributed by atoms with Crippen molar-refractivity contribution in [2.75, 3.05) is 12.3 Å². The van der Waals surface area contributed by atoms with Crippen molar-refractivity contribution in [2.24, 2.45) is 0 Å². The third-order valence-electron chi connectivity index (χ3n) is 7.05. The van der Waals surface area contributed by atoms with Gasteiger partial charge in [-0.1, -0.05) is 20.8 Å². The Balaban J connectivity index is 1.68. The van der Waals surface area contributed by atoms with Gasteiger partial charge in [0.1, 0.15) is 23.7 Å². The Hall–Kier alpha value is -1.59. The van der Waals surface area contributed by atoms with Crippen molar-refractivity contribution in [3.8, 4) is 0 Å². The van der Waals surface area contributed by atoms with Crippen LogP contribution in [-0.4, -0.2) is 58.0 Å². The lowest BCUT2D eigenvalue weighted by Crippen LogP contribution is -2.64. The molecule has 0 amide bonds. The molecule has 0 aliphatic carbocycles. The van der Waals surface area contributed by atoms with Crippen LogP contribution < -0.4 is 5.73 Å². The normalized spacial score (nSPS) is 31.2. The van der Waals surface area contributed by atoms with Gasteiger partial charge in [0.05, 0.1) is 25.1 Å². The van der Waals surface area contributed by atoms with Crippen LogP contribution in [0.1, 0.15) is 54.2 Å². The van der Waals surface area contributed by atoms with E-state index in [-0.39, 0.29) is 23.5 Å². The van der Waals surface area contributed by atoms with Crippen LogP contribution in [0.4, 0.5) is 5.82 Å². The highest BCUT2D eigenvalue weighted by molar-refractivity contribution is 6.74. The fraction of sp³-hybridized carbons (Fsp3) is 0.762. The molecule has 2 saturated heterocycles. The summed E-state index contributed by atoms with van der Waals surface area (Å²) in [5, 5.41) is 0.0883. The molecule has 10 heteroatoms. The number of hydrogen-bond acceptors (Lipinski definition) is 8. The Kier molecular flexibility index (Phi) is 5.25. The van der Waals surface area contributed by atoms with Crippen LogP contribution in [0.3, 0.4) is 0 Å². The van der Waals surface area contributed by atoms with Gasteiger partial charge in [0.2, 0.25) is 0 Å². The van der Waals surface area contributed by atoms with Crippen LogP contribution >= 0.6 is 0 Å². The molecule has 31 heavy (non-hydrogen) atoms. The van der Waals surface area contributed by atoms with Crippen LogP contribution in [-0.2, 0) is 18.6 Å². The van der Waals surface area contributed by atoms with Gasteiger partial charge in [-0.25, -0.2) is 15.0 Å². The van der Waals surface area contributed by atoms with Crippen molar-refractivity contribution in [3.05, 3.63) is 12.7 Å². The first kappa shape index (κ1) is 22.6. The molecule has 2 aliphatic heterocycles. The highest BCUT2D eigenvalue weighted by Crippen LogP contribution is 2.49. The fourth-order valence-electron chi connectivity index (χ4n) is 4.17. The maximum atomic E-state index is 6.73. The Morgan fingerprint density at radius 2 is 1.90 bits per heavy atom. The zero-order valence-electron chi connectivity index (χ0n) is 19.8. The smallest absolute Gasteiger partial charge is 0.192 e. The summed E-state index contributed by atoms with van der Waals surface area (Å²) in [4.78, 5) is 12.8. The second-order valence-electron chi connectivity index (χ2n) is 10.7. The van der Waals surface area contributed by atoms with E-state index < -0.39 is 19.7 Å². The van der Waals surface area contributed by atoms with E-state index >= 15 is 0 Å². The van der Waals surface area contributed by atoms with E-state index in [4.69, 9.17) is 24.4 Å². The predicted molar refractivity (Wildman–Crippen MR) is 120 cm³/mol. The van der Waals surface area contributed by atoms with E-state index in [9.17, 15) is 0 Å². The molecular weight excluding hydrogens is 414 g/mol. The van der Waals surface area contributed by atoms with Gasteiger partial charge in [-0.2, -0.15) is 0 Å². The average Bonchev–Trinajstić information content (AvgIpc) is 3.21. The van der Waals surface area contributed by atoms with Crippen molar-refractivity contribution in [1.29, 1.82) is 0 Å². The number of aromatic nitrogens is 4. The van der Waals surface area contributed by atoms with Gasteiger partial charge < -0.3 is 24.4 Å². The minimum absolute atomic E-state index is 0.0883. The van der Waals surface area contributed by atoms with Gasteiger partial charge in [-0.15, -0.1) is 0 Å². The van der Waals surface area contributed by atoms with Gasteiger partial charge in [0.15, 0.2) is 25.6 Å². The molecule has 2 aromatic heterocycles. The summed E-state index contributed by atoms with van der Waals surface area (Å²) in [6.45, 7) is 17.5. The number of nitrogen functional groups attached to an aromatic ring is 1. The number of hydrogen-bond donors (Lipinski definition) is 1. The Morgan fingerprint density at radius 1 is 1.19 bits per heavy atom. The zero-order chi connectivity index (χ0) is 22.8. The van der Waals surface area contributed by atoms with E-state index in [2.05, 4.69) is 48.8 Å². The molecule has 0 radical (unpaired) electrons. The molecule has 4 heterocycles. The molecule has 2 aliphatic rings. The molecule has 2 aromatic rings. The van der Waals surface area contributed by atoms with E-state index in [1.807, 2.05) is 25.3 Å². The number of anilines is 1. The Morgan fingerprint density at radius 3 is 2.58 bits per heavy atom. The number of fused-ring (bicyclic) bond motifs is 2. The molecule has 0 bridgehead atoms. The van der Waals surface area contributed by atoms with Crippen LogP contribution in [0, 0.1) is 0 Å². The van der Waals surface area contributed by atoms with Crippen molar-refractivity contribution >= 4 is 25.3 Å². The molecule has 9 nitrogen and oxygen atoms in total. The predicted octanol–water partition coefficient (Wildman–Crippen LogP) is 3.63. The largest absolute Gasteiger partial charge is 0.414 e. The van der Waals surface area contributed by atoms with Crippen molar-refractivity contribution in [1.82, 2.24) is 19.5 Å². The number of rotatable bonds is 4. The minimum atomic E-state index is -2.01. The number of ether oxygens (including phenoxy) is 3. The second-order valence-corrected chi connectivity index (χ2v) is 15.5. The van der Waals surface area contributed by atoms with Gasteiger partial charge in [0.25, 0.3) is 0 Å². The molecule has 172 valence electrons. The lowest BCUT2D eigenvalue weighted by molar-refractivity contribution is -0.354. The van der Waals surface area contributed by atoms with Gasteiger partial charge >= 0.3 is 0 Å². The number of nitrogens with two attached hydrogens (primary N) is 1. The molecule has 0 spiro atoms. The molecule has 4 atom stereocenters. The second kappa shape index (κ2) is 7.21. The molecule has 0 unspecified atom stereocenters. The molecule has 4 rings (SSSR count). The summed E-state index contributed by atoms with van der Waals surface area (Å²) in [6.07, 6.45) is 3.04. The van der Waals surface area contributed by atoms with E-state index in [1.165, 1.54) is 6.33 Å². The van der Waals surface area contributed by atoms with E-state index in [0.29, 0.717) is 30.0 Å². The first-order valence-corrected chi connectivity index (χ1v) is 13.8. The summed E-state index contributed by atoms with van der Waals surface area (Å²) >= 11 is 0. The average molecular weight is 450 g/mol. The van der Waals surface area contributed by atoms with Crippen LogP contribution in [0.25, 0.3) is 11.2 Å². The van der Waals surface area contributed by atoms with Gasteiger partial charge in [-0.05, 0) is 38.9 Å². The summed E-state index contributed by atoms with van der Waals surface area (Å²) < 4.78 is 27.9. The monoisotopic (exact) mass is 449 g/mol. The summed E-state index contributed by atoms with van der Waals surface area (Å²) in [6, 6.07) is 0. The third-order valence-corrected chi connectivity index (χ3v) is 11.5.